The van der Waals surface area contributed by atoms with Crippen LogP contribution in [0.4, 0.5) is 0 Å². The third-order valence-electron chi connectivity index (χ3n) is 1.65. The Morgan fingerprint density at radius 3 is 2.87 bits per heavy atom. The van der Waals surface area contributed by atoms with Crippen molar-refractivity contribution in [2.24, 2.45) is 0 Å². The fraction of sp³-hybridized carbons (Fsp3) is 0.444. The molecule has 1 rings (SSSR count). The number of halogens is 1. The summed E-state index contributed by atoms with van der Waals surface area (Å²) in [5.74, 6) is -0.0971. The standard InChI is InChI=1S/C9H11ClN2O3/c1-14-5-6(13)3-8-7(10)4-11-9(12-8)15-2/h4H,3,5H2,1-2H3. The fourth-order valence-corrected chi connectivity index (χ4v) is 1.16. The van der Waals surface area contributed by atoms with Crippen LogP contribution in [0, 0.1) is 0 Å². The second-order valence-electron chi connectivity index (χ2n) is 2.80. The number of methoxy groups -OCH3 is 2. The normalized spacial score (nSPS) is 10.1. The number of aromatic nitrogens is 2. The summed E-state index contributed by atoms with van der Waals surface area (Å²) in [5.41, 5.74) is 0.450. The summed E-state index contributed by atoms with van der Waals surface area (Å²) in [6, 6.07) is 0.194. The highest BCUT2D eigenvalue weighted by atomic mass is 35.5. The van der Waals surface area contributed by atoms with Crippen molar-refractivity contribution in [1.82, 2.24) is 9.97 Å². The van der Waals surface area contributed by atoms with E-state index in [0.29, 0.717) is 10.7 Å². The molecule has 0 fully saturated rings. The molecular weight excluding hydrogens is 220 g/mol. The Hall–Kier alpha value is -1.20. The van der Waals surface area contributed by atoms with Gasteiger partial charge in [0.1, 0.15) is 6.61 Å². The van der Waals surface area contributed by atoms with Crippen LogP contribution in [0.1, 0.15) is 5.69 Å². The lowest BCUT2D eigenvalue weighted by atomic mass is 10.2. The van der Waals surface area contributed by atoms with E-state index < -0.39 is 0 Å². The Balaban J connectivity index is 2.79. The zero-order chi connectivity index (χ0) is 11.3. The van der Waals surface area contributed by atoms with Crippen molar-refractivity contribution >= 4 is 17.4 Å². The molecule has 0 saturated carbocycles. The minimum atomic E-state index is -0.0971. The van der Waals surface area contributed by atoms with E-state index in [2.05, 4.69) is 9.97 Å². The van der Waals surface area contributed by atoms with E-state index in [1.54, 1.807) is 0 Å². The van der Waals surface area contributed by atoms with Crippen LogP contribution < -0.4 is 4.74 Å². The van der Waals surface area contributed by atoms with E-state index >= 15 is 0 Å². The number of Topliss-reactive ketones (excluding diaryl/α,β-unsaturated/α-hetero) is 1. The van der Waals surface area contributed by atoms with Crippen molar-refractivity contribution in [1.29, 1.82) is 0 Å². The van der Waals surface area contributed by atoms with Gasteiger partial charge in [-0.15, -0.1) is 0 Å². The molecule has 0 radical (unpaired) electrons. The van der Waals surface area contributed by atoms with Gasteiger partial charge in [-0.3, -0.25) is 4.79 Å². The minimum Gasteiger partial charge on any atom is -0.467 e. The molecule has 1 aromatic heterocycles. The summed E-state index contributed by atoms with van der Waals surface area (Å²) < 4.78 is 9.53. The maximum atomic E-state index is 11.3. The molecule has 0 saturated heterocycles. The molecule has 0 aliphatic rings. The largest absolute Gasteiger partial charge is 0.467 e. The van der Waals surface area contributed by atoms with Crippen LogP contribution in [-0.4, -0.2) is 36.6 Å². The Kier molecular flexibility index (Phi) is 4.45. The van der Waals surface area contributed by atoms with Crippen molar-refractivity contribution in [3.05, 3.63) is 16.9 Å². The van der Waals surface area contributed by atoms with Gasteiger partial charge in [-0.25, -0.2) is 4.98 Å². The first-order chi connectivity index (χ1) is 7.17. The molecule has 15 heavy (non-hydrogen) atoms. The summed E-state index contributed by atoms with van der Waals surface area (Å²) in [5, 5.41) is 0.347. The first-order valence-corrected chi connectivity index (χ1v) is 4.61. The number of carbonyl (C=O) groups is 1. The summed E-state index contributed by atoms with van der Waals surface area (Å²) in [6.07, 6.45) is 1.52. The van der Waals surface area contributed by atoms with Gasteiger partial charge in [-0.2, -0.15) is 4.98 Å². The van der Waals surface area contributed by atoms with Gasteiger partial charge in [0.25, 0.3) is 0 Å². The first-order valence-electron chi connectivity index (χ1n) is 4.23. The van der Waals surface area contributed by atoms with Gasteiger partial charge in [0, 0.05) is 7.11 Å². The summed E-state index contributed by atoms with van der Waals surface area (Å²) in [4.78, 5) is 19.1. The number of rotatable bonds is 5. The van der Waals surface area contributed by atoms with Crippen molar-refractivity contribution < 1.29 is 14.3 Å². The van der Waals surface area contributed by atoms with E-state index in [1.165, 1.54) is 20.4 Å². The minimum absolute atomic E-state index is 0.0443. The van der Waals surface area contributed by atoms with Crippen LogP contribution >= 0.6 is 11.6 Å². The van der Waals surface area contributed by atoms with Crippen molar-refractivity contribution in [3.8, 4) is 6.01 Å². The SMILES string of the molecule is COCC(=O)Cc1nc(OC)ncc1Cl. The molecule has 0 bridgehead atoms. The molecule has 0 spiro atoms. The second kappa shape index (κ2) is 5.63. The Labute approximate surface area is 92.4 Å². The Morgan fingerprint density at radius 1 is 1.53 bits per heavy atom. The molecule has 0 aromatic carbocycles. The number of ether oxygens (including phenoxy) is 2. The highest BCUT2D eigenvalue weighted by molar-refractivity contribution is 6.31. The predicted molar refractivity (Wildman–Crippen MR) is 54.2 cm³/mol. The molecule has 0 amide bonds. The van der Waals surface area contributed by atoms with Crippen LogP contribution in [0.3, 0.4) is 0 Å². The van der Waals surface area contributed by atoms with E-state index in [9.17, 15) is 4.79 Å². The van der Waals surface area contributed by atoms with Gasteiger partial charge in [0.2, 0.25) is 0 Å². The van der Waals surface area contributed by atoms with Gasteiger partial charge >= 0.3 is 6.01 Å². The molecule has 6 heteroatoms. The average Bonchev–Trinajstić information content (AvgIpc) is 2.21. The lowest BCUT2D eigenvalue weighted by molar-refractivity contribution is -0.122. The maximum absolute atomic E-state index is 11.3. The maximum Gasteiger partial charge on any atom is 0.316 e. The molecule has 1 heterocycles. The summed E-state index contributed by atoms with van der Waals surface area (Å²) in [7, 11) is 2.91. The van der Waals surface area contributed by atoms with Gasteiger partial charge in [-0.1, -0.05) is 11.6 Å². The molecule has 82 valence electrons. The topological polar surface area (TPSA) is 61.3 Å². The highest BCUT2D eigenvalue weighted by Gasteiger charge is 2.10. The Morgan fingerprint density at radius 2 is 2.27 bits per heavy atom. The molecule has 0 N–H and O–H groups in total. The number of hydrogen-bond acceptors (Lipinski definition) is 5. The van der Waals surface area contributed by atoms with E-state index in [0.717, 1.165) is 0 Å². The van der Waals surface area contributed by atoms with Crippen molar-refractivity contribution in [2.45, 2.75) is 6.42 Å². The second-order valence-corrected chi connectivity index (χ2v) is 3.21. The molecule has 0 unspecified atom stereocenters. The average molecular weight is 231 g/mol. The van der Waals surface area contributed by atoms with Crippen LogP contribution in [0.5, 0.6) is 6.01 Å². The van der Waals surface area contributed by atoms with Crippen LogP contribution in [-0.2, 0) is 16.0 Å². The number of carbonyl (C=O) groups excluding carboxylic acids is 1. The van der Waals surface area contributed by atoms with Gasteiger partial charge in [0.15, 0.2) is 5.78 Å². The molecule has 1 aromatic rings. The molecule has 0 aliphatic heterocycles. The number of hydrogen-bond donors (Lipinski definition) is 0. The number of nitrogens with zero attached hydrogens (tertiary/aromatic N) is 2. The predicted octanol–water partition coefficient (Wildman–Crippen LogP) is 0.897. The summed E-state index contributed by atoms with van der Waals surface area (Å²) >= 11 is 5.82. The summed E-state index contributed by atoms with van der Waals surface area (Å²) in [6.45, 7) is 0.0443. The van der Waals surface area contributed by atoms with Gasteiger partial charge in [0.05, 0.1) is 30.4 Å². The lowest BCUT2D eigenvalue weighted by Crippen LogP contribution is -2.11. The fourth-order valence-electron chi connectivity index (χ4n) is 1.01. The lowest BCUT2D eigenvalue weighted by Gasteiger charge is -2.03. The monoisotopic (exact) mass is 230 g/mol. The third kappa shape index (κ3) is 3.45. The van der Waals surface area contributed by atoms with Crippen LogP contribution in [0.15, 0.2) is 6.20 Å². The molecule has 5 nitrogen and oxygen atoms in total. The highest BCUT2D eigenvalue weighted by Crippen LogP contribution is 2.15. The molecular formula is C9H11ClN2O3. The van der Waals surface area contributed by atoms with Crippen molar-refractivity contribution in [2.75, 3.05) is 20.8 Å². The van der Waals surface area contributed by atoms with Crippen LogP contribution in [0.25, 0.3) is 0 Å². The van der Waals surface area contributed by atoms with Crippen LogP contribution in [0.2, 0.25) is 5.02 Å². The zero-order valence-corrected chi connectivity index (χ0v) is 9.24. The first kappa shape index (κ1) is 11.9. The van der Waals surface area contributed by atoms with E-state index in [1.807, 2.05) is 0 Å². The zero-order valence-electron chi connectivity index (χ0n) is 8.49. The van der Waals surface area contributed by atoms with Gasteiger partial charge < -0.3 is 9.47 Å². The number of ketones is 1. The van der Waals surface area contributed by atoms with E-state index in [-0.39, 0.29) is 24.8 Å². The van der Waals surface area contributed by atoms with E-state index in [4.69, 9.17) is 21.1 Å². The molecule has 0 atom stereocenters. The third-order valence-corrected chi connectivity index (χ3v) is 1.96. The van der Waals surface area contributed by atoms with Gasteiger partial charge in [-0.05, 0) is 0 Å². The van der Waals surface area contributed by atoms with Crippen molar-refractivity contribution in [3.63, 3.8) is 0 Å². The smallest absolute Gasteiger partial charge is 0.316 e. The molecule has 0 aliphatic carbocycles. The Bertz CT molecular complexity index is 357. The quantitative estimate of drug-likeness (QED) is 0.752.